The normalized spacial score (nSPS) is 16.9. The Labute approximate surface area is 101 Å². The molecule has 1 aromatic heterocycles. The highest BCUT2D eigenvalue weighted by Gasteiger charge is 2.11. The second-order valence-electron chi connectivity index (χ2n) is 4.09. The molecule has 0 amide bonds. The van der Waals surface area contributed by atoms with Gasteiger partial charge in [0.05, 0.1) is 6.10 Å². The topological polar surface area (TPSA) is 49.2 Å². The van der Waals surface area contributed by atoms with E-state index in [1.165, 1.54) is 0 Å². The van der Waals surface area contributed by atoms with Gasteiger partial charge in [0.1, 0.15) is 0 Å². The van der Waals surface area contributed by atoms with E-state index in [2.05, 4.69) is 16.9 Å². The molecule has 0 radical (unpaired) electrons. The van der Waals surface area contributed by atoms with Crippen LogP contribution in [0.4, 0.5) is 5.95 Å². The van der Waals surface area contributed by atoms with Crippen molar-refractivity contribution in [2.24, 2.45) is 0 Å². The van der Waals surface area contributed by atoms with Crippen molar-refractivity contribution in [2.75, 3.05) is 11.4 Å². The van der Waals surface area contributed by atoms with E-state index in [9.17, 15) is 5.11 Å². The average molecular weight is 231 g/mol. The van der Waals surface area contributed by atoms with Crippen LogP contribution in [0.15, 0.2) is 36.3 Å². The average Bonchev–Trinajstić information content (AvgIpc) is 2.39. The highest BCUT2D eigenvalue weighted by atomic mass is 16.3. The first-order valence-electron chi connectivity index (χ1n) is 5.84. The Balaban J connectivity index is 2.08. The first-order chi connectivity index (χ1) is 8.20. The van der Waals surface area contributed by atoms with Gasteiger partial charge in [-0.1, -0.05) is 13.0 Å². The van der Waals surface area contributed by atoms with E-state index >= 15 is 0 Å². The molecule has 2 rings (SSSR count). The fraction of sp³-hybridized carbons (Fsp3) is 0.385. The molecule has 17 heavy (non-hydrogen) atoms. The molecule has 0 aromatic carbocycles. The molecule has 2 heterocycles. The maximum Gasteiger partial charge on any atom is 0.229 e. The van der Waals surface area contributed by atoms with Gasteiger partial charge in [-0.05, 0) is 30.6 Å². The Morgan fingerprint density at radius 2 is 2.12 bits per heavy atom. The van der Waals surface area contributed by atoms with Crippen molar-refractivity contribution in [2.45, 2.75) is 26.4 Å². The number of hydrogen-bond donors (Lipinski definition) is 1. The van der Waals surface area contributed by atoms with Crippen LogP contribution in [0.3, 0.4) is 0 Å². The zero-order valence-electron chi connectivity index (χ0n) is 10.2. The molecule has 1 aromatic rings. The summed E-state index contributed by atoms with van der Waals surface area (Å²) in [6.07, 6.45) is 10.0. The molecule has 0 aliphatic carbocycles. The van der Waals surface area contributed by atoms with Crippen LogP contribution in [0, 0.1) is 0 Å². The van der Waals surface area contributed by atoms with Crippen LogP contribution in [0.2, 0.25) is 0 Å². The maximum absolute atomic E-state index is 9.43. The van der Waals surface area contributed by atoms with Gasteiger partial charge in [-0.25, -0.2) is 9.97 Å². The lowest BCUT2D eigenvalue weighted by atomic mass is 10.1. The summed E-state index contributed by atoms with van der Waals surface area (Å²) in [7, 11) is 0. The summed E-state index contributed by atoms with van der Waals surface area (Å²) < 4.78 is 0. The van der Waals surface area contributed by atoms with Crippen molar-refractivity contribution in [3.63, 3.8) is 0 Å². The molecule has 0 bridgehead atoms. The summed E-state index contributed by atoms with van der Waals surface area (Å²) in [6.45, 7) is 4.54. The molecule has 0 spiro atoms. The number of hydrogen-bond acceptors (Lipinski definition) is 4. The molecule has 1 unspecified atom stereocenters. The molecule has 4 heteroatoms. The van der Waals surface area contributed by atoms with Crippen LogP contribution in [0.1, 0.15) is 19.4 Å². The molecule has 0 fully saturated rings. The molecule has 1 aliphatic heterocycles. The maximum atomic E-state index is 9.43. The highest BCUT2D eigenvalue weighted by molar-refractivity contribution is 5.42. The molecular formula is C13H17N3O. The predicted molar refractivity (Wildman–Crippen MR) is 67.7 cm³/mol. The minimum atomic E-state index is -0.420. The third kappa shape index (κ3) is 2.71. The molecule has 0 saturated carbocycles. The standard InChI is InChI=1S/C13H17N3O/c1-3-11-8-14-13(15-9-11)16-6-4-12(5-7-16)10(2)17/h4-6,8-10,17H,3,7H2,1-2H3. The smallest absolute Gasteiger partial charge is 0.229 e. The summed E-state index contributed by atoms with van der Waals surface area (Å²) in [6, 6.07) is 0. The Hall–Kier alpha value is -1.68. The summed E-state index contributed by atoms with van der Waals surface area (Å²) in [5.74, 6) is 0.694. The van der Waals surface area contributed by atoms with Crippen LogP contribution >= 0.6 is 0 Å². The lowest BCUT2D eigenvalue weighted by molar-refractivity contribution is 0.235. The Bertz CT molecular complexity index is 434. The van der Waals surface area contributed by atoms with Crippen molar-refractivity contribution in [1.29, 1.82) is 0 Å². The van der Waals surface area contributed by atoms with E-state index in [1.54, 1.807) is 6.92 Å². The van der Waals surface area contributed by atoms with E-state index in [-0.39, 0.29) is 0 Å². The van der Waals surface area contributed by atoms with Crippen molar-refractivity contribution in [3.05, 3.63) is 41.9 Å². The van der Waals surface area contributed by atoms with E-state index < -0.39 is 6.10 Å². The number of aryl methyl sites for hydroxylation is 1. The van der Waals surface area contributed by atoms with E-state index in [1.807, 2.05) is 35.6 Å². The molecule has 1 N–H and O–H groups in total. The Morgan fingerprint density at radius 1 is 1.41 bits per heavy atom. The summed E-state index contributed by atoms with van der Waals surface area (Å²) in [5, 5.41) is 9.43. The number of aliphatic hydroxyl groups excluding tert-OH is 1. The lowest BCUT2D eigenvalue weighted by Gasteiger charge is -2.21. The summed E-state index contributed by atoms with van der Waals surface area (Å²) >= 11 is 0. The van der Waals surface area contributed by atoms with Gasteiger partial charge in [-0.2, -0.15) is 0 Å². The second-order valence-corrected chi connectivity index (χ2v) is 4.09. The van der Waals surface area contributed by atoms with Crippen molar-refractivity contribution in [1.82, 2.24) is 9.97 Å². The number of aliphatic hydroxyl groups is 1. The van der Waals surface area contributed by atoms with Crippen LogP contribution < -0.4 is 4.90 Å². The number of nitrogens with zero attached hydrogens (tertiary/aromatic N) is 3. The first kappa shape index (κ1) is 11.8. The van der Waals surface area contributed by atoms with Crippen molar-refractivity contribution in [3.8, 4) is 0 Å². The monoisotopic (exact) mass is 231 g/mol. The molecule has 0 saturated heterocycles. The van der Waals surface area contributed by atoms with Crippen LogP contribution in [0.25, 0.3) is 0 Å². The fourth-order valence-electron chi connectivity index (χ4n) is 1.65. The fourth-order valence-corrected chi connectivity index (χ4v) is 1.65. The van der Waals surface area contributed by atoms with E-state index in [0.717, 1.165) is 17.6 Å². The van der Waals surface area contributed by atoms with Gasteiger partial charge in [-0.3, -0.25) is 0 Å². The van der Waals surface area contributed by atoms with Crippen LogP contribution in [0.5, 0.6) is 0 Å². The first-order valence-corrected chi connectivity index (χ1v) is 5.84. The SMILES string of the molecule is CCc1cnc(N2C=CC(C(C)O)=CC2)nc1. The largest absolute Gasteiger partial charge is 0.389 e. The second kappa shape index (κ2) is 5.10. The quantitative estimate of drug-likeness (QED) is 0.860. The number of anilines is 1. The number of aromatic nitrogens is 2. The van der Waals surface area contributed by atoms with Gasteiger partial charge >= 0.3 is 0 Å². The van der Waals surface area contributed by atoms with E-state index in [4.69, 9.17) is 0 Å². The lowest BCUT2D eigenvalue weighted by Crippen LogP contribution is -2.23. The molecule has 4 nitrogen and oxygen atoms in total. The minimum Gasteiger partial charge on any atom is -0.389 e. The third-order valence-electron chi connectivity index (χ3n) is 2.81. The van der Waals surface area contributed by atoms with Gasteiger partial charge in [0.25, 0.3) is 0 Å². The zero-order valence-corrected chi connectivity index (χ0v) is 10.2. The van der Waals surface area contributed by atoms with Crippen molar-refractivity contribution >= 4 is 5.95 Å². The third-order valence-corrected chi connectivity index (χ3v) is 2.81. The van der Waals surface area contributed by atoms with Crippen LogP contribution in [-0.4, -0.2) is 27.7 Å². The molecule has 1 aliphatic rings. The van der Waals surface area contributed by atoms with Gasteiger partial charge in [0, 0.05) is 25.1 Å². The minimum absolute atomic E-state index is 0.420. The van der Waals surface area contributed by atoms with Gasteiger partial charge in [0.15, 0.2) is 0 Å². The highest BCUT2D eigenvalue weighted by Crippen LogP contribution is 2.15. The van der Waals surface area contributed by atoms with Crippen molar-refractivity contribution < 1.29 is 5.11 Å². The molecule has 90 valence electrons. The predicted octanol–water partition coefficient (Wildman–Crippen LogP) is 1.68. The van der Waals surface area contributed by atoms with Gasteiger partial charge in [0.2, 0.25) is 5.95 Å². The zero-order chi connectivity index (χ0) is 12.3. The number of rotatable bonds is 3. The van der Waals surface area contributed by atoms with Gasteiger partial charge < -0.3 is 10.0 Å². The molecule has 1 atom stereocenters. The Kier molecular flexibility index (Phi) is 3.54. The van der Waals surface area contributed by atoms with E-state index in [0.29, 0.717) is 12.5 Å². The summed E-state index contributed by atoms with van der Waals surface area (Å²) in [4.78, 5) is 10.6. The summed E-state index contributed by atoms with van der Waals surface area (Å²) in [5.41, 5.74) is 2.07. The Morgan fingerprint density at radius 3 is 2.59 bits per heavy atom. The molecular weight excluding hydrogens is 214 g/mol. The van der Waals surface area contributed by atoms with Crippen LogP contribution in [-0.2, 0) is 6.42 Å². The van der Waals surface area contributed by atoms with Gasteiger partial charge in [-0.15, -0.1) is 0 Å².